The van der Waals surface area contributed by atoms with Crippen molar-refractivity contribution in [2.24, 2.45) is 10.8 Å². The Morgan fingerprint density at radius 3 is 3.00 bits per heavy atom. The number of rotatable bonds is 2. The summed E-state index contributed by atoms with van der Waals surface area (Å²) in [6, 6.07) is 6.45. The first-order valence-electron chi connectivity index (χ1n) is 6.50. The molecular weight excluding hydrogens is 258 g/mol. The van der Waals surface area contributed by atoms with Crippen LogP contribution in [0.5, 0.6) is 0 Å². The second-order valence-corrected chi connectivity index (χ2v) is 5.61. The number of nitrogens with two attached hydrogens (primary N) is 1. The van der Waals surface area contributed by atoms with Gasteiger partial charge in [0.2, 0.25) is 5.96 Å². The van der Waals surface area contributed by atoms with E-state index in [4.69, 9.17) is 5.84 Å². The lowest BCUT2D eigenvalue weighted by atomic mass is 10.3. The Morgan fingerprint density at radius 2 is 2.21 bits per heavy atom. The largest absolute Gasteiger partial charge is 0.325 e. The molecule has 0 unspecified atom stereocenters. The molecule has 0 amide bonds. The van der Waals surface area contributed by atoms with Gasteiger partial charge < -0.3 is 5.32 Å². The number of guanidine groups is 1. The van der Waals surface area contributed by atoms with E-state index < -0.39 is 0 Å². The smallest absolute Gasteiger partial charge is 0.210 e. The molecule has 1 heterocycles. The van der Waals surface area contributed by atoms with E-state index in [-0.39, 0.29) is 0 Å². The highest BCUT2D eigenvalue weighted by molar-refractivity contribution is 7.16. The molecule has 2 aromatic rings. The molecule has 6 heteroatoms. The highest BCUT2D eigenvalue weighted by atomic mass is 32.1. The SMILES string of the molecule is NNC(=NC1CCCC1)Nc1ccc2ncsc2c1. The number of thiazole rings is 1. The zero-order valence-corrected chi connectivity index (χ0v) is 11.4. The van der Waals surface area contributed by atoms with Gasteiger partial charge in [-0.1, -0.05) is 12.8 Å². The quantitative estimate of drug-likeness (QED) is 0.341. The van der Waals surface area contributed by atoms with E-state index in [1.807, 2.05) is 17.6 Å². The Balaban J connectivity index is 1.77. The van der Waals surface area contributed by atoms with Gasteiger partial charge in [0.15, 0.2) is 0 Å². The number of hydrogen-bond acceptors (Lipinski definition) is 4. The minimum absolute atomic E-state index is 0.394. The second kappa shape index (κ2) is 5.54. The van der Waals surface area contributed by atoms with Crippen molar-refractivity contribution >= 4 is 33.2 Å². The van der Waals surface area contributed by atoms with Gasteiger partial charge in [0, 0.05) is 5.69 Å². The molecule has 5 nitrogen and oxygen atoms in total. The zero-order chi connectivity index (χ0) is 13.1. The number of nitrogens with zero attached hydrogens (tertiary/aromatic N) is 2. The molecular formula is C13H17N5S. The molecule has 100 valence electrons. The number of nitrogens with one attached hydrogen (secondary N) is 2. The van der Waals surface area contributed by atoms with Crippen molar-refractivity contribution in [2.75, 3.05) is 5.32 Å². The van der Waals surface area contributed by atoms with Crippen LogP contribution in [0.25, 0.3) is 10.2 Å². The molecule has 1 fully saturated rings. The van der Waals surface area contributed by atoms with Gasteiger partial charge in [0.25, 0.3) is 0 Å². The summed E-state index contributed by atoms with van der Waals surface area (Å²) in [5, 5.41) is 3.23. The van der Waals surface area contributed by atoms with Crippen LogP contribution in [0.2, 0.25) is 0 Å². The maximum atomic E-state index is 5.54. The molecule has 0 radical (unpaired) electrons. The van der Waals surface area contributed by atoms with E-state index in [1.54, 1.807) is 11.3 Å². The molecule has 1 aromatic heterocycles. The number of hydrazine groups is 1. The van der Waals surface area contributed by atoms with E-state index in [1.165, 1.54) is 12.8 Å². The minimum atomic E-state index is 0.394. The third-order valence-corrected chi connectivity index (χ3v) is 4.16. The number of benzene rings is 1. The van der Waals surface area contributed by atoms with Crippen molar-refractivity contribution in [2.45, 2.75) is 31.7 Å². The summed E-state index contributed by atoms with van der Waals surface area (Å²) in [7, 11) is 0. The first-order valence-corrected chi connectivity index (χ1v) is 7.38. The van der Waals surface area contributed by atoms with Crippen LogP contribution in [0.3, 0.4) is 0 Å². The van der Waals surface area contributed by atoms with Crippen LogP contribution in [0.4, 0.5) is 5.69 Å². The Bertz CT molecular complexity index is 585. The standard InChI is InChI=1S/C13H17N5S/c14-18-13(16-9-3-1-2-4-9)17-10-5-6-11-12(7-10)19-8-15-11/h5-9H,1-4,14H2,(H2,16,17,18). The lowest BCUT2D eigenvalue weighted by Gasteiger charge is -2.11. The maximum Gasteiger partial charge on any atom is 0.210 e. The number of aliphatic imine (C=N–C) groups is 1. The van der Waals surface area contributed by atoms with Crippen LogP contribution in [-0.4, -0.2) is 17.0 Å². The fraction of sp³-hybridized carbons (Fsp3) is 0.385. The van der Waals surface area contributed by atoms with Crippen molar-refractivity contribution < 1.29 is 0 Å². The fourth-order valence-corrected chi connectivity index (χ4v) is 3.11. The summed E-state index contributed by atoms with van der Waals surface area (Å²) in [5.74, 6) is 6.17. The molecule has 4 N–H and O–H groups in total. The van der Waals surface area contributed by atoms with E-state index in [0.717, 1.165) is 28.7 Å². The first kappa shape index (κ1) is 12.4. The predicted octanol–water partition coefficient (Wildman–Crippen LogP) is 2.47. The van der Waals surface area contributed by atoms with Crippen molar-refractivity contribution in [3.05, 3.63) is 23.7 Å². The van der Waals surface area contributed by atoms with Crippen molar-refractivity contribution in [1.82, 2.24) is 10.4 Å². The first-order chi connectivity index (χ1) is 9.35. The Morgan fingerprint density at radius 1 is 1.37 bits per heavy atom. The van der Waals surface area contributed by atoms with Gasteiger partial charge in [0.05, 0.1) is 21.8 Å². The van der Waals surface area contributed by atoms with Gasteiger partial charge in [-0.2, -0.15) is 0 Å². The predicted molar refractivity (Wildman–Crippen MR) is 80.3 cm³/mol. The van der Waals surface area contributed by atoms with Gasteiger partial charge >= 0.3 is 0 Å². The summed E-state index contributed by atoms with van der Waals surface area (Å²) in [5.41, 5.74) is 6.49. The van der Waals surface area contributed by atoms with Gasteiger partial charge in [0.1, 0.15) is 0 Å². The monoisotopic (exact) mass is 275 g/mol. The third-order valence-electron chi connectivity index (χ3n) is 3.37. The zero-order valence-electron chi connectivity index (χ0n) is 10.6. The highest BCUT2D eigenvalue weighted by Gasteiger charge is 2.14. The van der Waals surface area contributed by atoms with Gasteiger partial charge in [-0.05, 0) is 31.0 Å². The molecule has 3 rings (SSSR count). The normalized spacial score (nSPS) is 17.0. The summed E-state index contributed by atoms with van der Waals surface area (Å²) in [6.45, 7) is 0. The van der Waals surface area contributed by atoms with Crippen LogP contribution < -0.4 is 16.6 Å². The molecule has 0 aliphatic heterocycles. The number of anilines is 1. The third kappa shape index (κ3) is 2.85. The van der Waals surface area contributed by atoms with Crippen molar-refractivity contribution in [1.29, 1.82) is 0 Å². The number of hydrogen-bond donors (Lipinski definition) is 3. The molecule has 1 aromatic carbocycles. The maximum absolute atomic E-state index is 5.54. The molecule has 0 bridgehead atoms. The van der Waals surface area contributed by atoms with Gasteiger partial charge in [-0.3, -0.25) is 5.43 Å². The summed E-state index contributed by atoms with van der Waals surface area (Å²) in [4.78, 5) is 8.88. The Kier molecular flexibility index (Phi) is 3.61. The average molecular weight is 275 g/mol. The molecule has 1 aliphatic carbocycles. The van der Waals surface area contributed by atoms with Crippen LogP contribution >= 0.6 is 11.3 Å². The van der Waals surface area contributed by atoms with E-state index >= 15 is 0 Å². The van der Waals surface area contributed by atoms with E-state index in [0.29, 0.717) is 12.0 Å². The number of fused-ring (bicyclic) bond motifs is 1. The minimum Gasteiger partial charge on any atom is -0.325 e. The summed E-state index contributed by atoms with van der Waals surface area (Å²) >= 11 is 1.63. The van der Waals surface area contributed by atoms with E-state index in [9.17, 15) is 0 Å². The van der Waals surface area contributed by atoms with Crippen LogP contribution in [-0.2, 0) is 0 Å². The van der Waals surface area contributed by atoms with Crippen molar-refractivity contribution in [3.8, 4) is 0 Å². The Labute approximate surface area is 115 Å². The Hall–Kier alpha value is -1.66. The van der Waals surface area contributed by atoms with Gasteiger partial charge in [-0.15, -0.1) is 11.3 Å². The topological polar surface area (TPSA) is 75.3 Å². The highest BCUT2D eigenvalue weighted by Crippen LogP contribution is 2.23. The molecule has 1 aliphatic rings. The van der Waals surface area contributed by atoms with Crippen LogP contribution in [0.15, 0.2) is 28.7 Å². The lowest BCUT2D eigenvalue weighted by Crippen LogP contribution is -2.37. The average Bonchev–Trinajstić information content (AvgIpc) is 3.08. The van der Waals surface area contributed by atoms with Crippen molar-refractivity contribution in [3.63, 3.8) is 0 Å². The molecule has 0 atom stereocenters. The molecule has 0 spiro atoms. The molecule has 19 heavy (non-hydrogen) atoms. The van der Waals surface area contributed by atoms with Gasteiger partial charge in [-0.25, -0.2) is 15.8 Å². The van der Waals surface area contributed by atoms with E-state index in [2.05, 4.69) is 26.8 Å². The molecule has 0 saturated heterocycles. The number of aromatic nitrogens is 1. The summed E-state index contributed by atoms with van der Waals surface area (Å²) in [6.07, 6.45) is 4.83. The fourth-order valence-electron chi connectivity index (χ4n) is 2.39. The van der Waals surface area contributed by atoms with Crippen LogP contribution in [0, 0.1) is 0 Å². The second-order valence-electron chi connectivity index (χ2n) is 4.72. The lowest BCUT2D eigenvalue weighted by molar-refractivity contribution is 0.700. The summed E-state index contributed by atoms with van der Waals surface area (Å²) < 4.78 is 1.15. The molecule has 1 saturated carbocycles. The van der Waals surface area contributed by atoms with Crippen LogP contribution in [0.1, 0.15) is 25.7 Å².